The van der Waals surface area contributed by atoms with Crippen LogP contribution in [0.1, 0.15) is 22.9 Å². The molecule has 0 aliphatic rings. The lowest BCUT2D eigenvalue weighted by atomic mass is 10.0. The number of nitrogens with two attached hydrogens (primary N) is 1. The third-order valence-corrected chi connectivity index (χ3v) is 2.93. The smallest absolute Gasteiger partial charge is 0.142 e. The average Bonchev–Trinajstić information content (AvgIpc) is 2.70. The van der Waals surface area contributed by atoms with E-state index in [1.54, 1.807) is 18.4 Å². The number of hydrogen-bond donors (Lipinski definition) is 1. The van der Waals surface area contributed by atoms with Crippen molar-refractivity contribution in [3.8, 4) is 0 Å². The topological polar surface area (TPSA) is 39.2 Å². The monoisotopic (exact) mass is 253 g/mol. The van der Waals surface area contributed by atoms with Gasteiger partial charge in [0.05, 0.1) is 11.3 Å². The molecule has 1 aromatic heterocycles. The normalized spacial score (nSPS) is 12.7. The van der Waals surface area contributed by atoms with E-state index < -0.39 is 5.82 Å². The second-order valence-electron chi connectivity index (χ2n) is 4.05. The van der Waals surface area contributed by atoms with Crippen molar-refractivity contribution in [2.24, 2.45) is 5.73 Å². The molecule has 2 rings (SSSR count). The van der Waals surface area contributed by atoms with Crippen LogP contribution in [0.5, 0.6) is 0 Å². The van der Waals surface area contributed by atoms with Crippen molar-refractivity contribution in [3.63, 3.8) is 0 Å². The predicted molar refractivity (Wildman–Crippen MR) is 65.5 cm³/mol. The summed E-state index contributed by atoms with van der Waals surface area (Å²) in [6.07, 6.45) is 2.18. The molecule has 2 N–H and O–H groups in total. The molecule has 1 aromatic carbocycles. The molecular weight excluding hydrogens is 241 g/mol. The summed E-state index contributed by atoms with van der Waals surface area (Å²) in [5, 5.41) is 0.126. The molecule has 17 heavy (non-hydrogen) atoms. The van der Waals surface area contributed by atoms with E-state index in [-0.39, 0.29) is 11.1 Å². The molecule has 1 atom stereocenters. The van der Waals surface area contributed by atoms with Gasteiger partial charge in [-0.05, 0) is 37.1 Å². The van der Waals surface area contributed by atoms with Crippen LogP contribution in [0.3, 0.4) is 0 Å². The summed E-state index contributed by atoms with van der Waals surface area (Å²) in [5.74, 6) is 0.400. The largest absolute Gasteiger partial charge is 0.469 e. The molecule has 0 saturated carbocycles. The molecule has 2 aromatic rings. The van der Waals surface area contributed by atoms with Gasteiger partial charge in [-0.1, -0.05) is 17.7 Å². The highest BCUT2D eigenvalue weighted by Crippen LogP contribution is 2.21. The zero-order chi connectivity index (χ0) is 12.4. The number of hydrogen-bond acceptors (Lipinski definition) is 2. The highest BCUT2D eigenvalue weighted by Gasteiger charge is 2.11. The van der Waals surface area contributed by atoms with Crippen LogP contribution >= 0.6 is 11.6 Å². The minimum Gasteiger partial charge on any atom is -0.469 e. The Morgan fingerprint density at radius 3 is 2.76 bits per heavy atom. The molecule has 0 amide bonds. The maximum Gasteiger partial charge on any atom is 0.142 e. The van der Waals surface area contributed by atoms with Crippen LogP contribution in [0.25, 0.3) is 0 Å². The van der Waals surface area contributed by atoms with Crippen LogP contribution in [0.2, 0.25) is 5.02 Å². The van der Waals surface area contributed by atoms with E-state index in [1.165, 1.54) is 6.07 Å². The molecule has 1 heterocycles. The standard InChI is InChI=1S/C13H13ClFNO/c1-8-4-10(7-17-8)13(16)6-9-2-3-11(14)12(15)5-9/h2-5,7,13H,6,16H2,1H3. The van der Waals surface area contributed by atoms with Crippen LogP contribution in [-0.4, -0.2) is 0 Å². The van der Waals surface area contributed by atoms with Gasteiger partial charge < -0.3 is 10.2 Å². The molecule has 0 radical (unpaired) electrons. The first-order valence-corrected chi connectivity index (χ1v) is 5.68. The number of benzene rings is 1. The van der Waals surface area contributed by atoms with Gasteiger partial charge in [0.25, 0.3) is 0 Å². The van der Waals surface area contributed by atoms with E-state index >= 15 is 0 Å². The Morgan fingerprint density at radius 1 is 1.41 bits per heavy atom. The Balaban J connectivity index is 2.12. The summed E-state index contributed by atoms with van der Waals surface area (Å²) in [5.41, 5.74) is 7.75. The Kier molecular flexibility index (Phi) is 3.50. The fourth-order valence-electron chi connectivity index (χ4n) is 1.70. The summed E-state index contributed by atoms with van der Waals surface area (Å²) >= 11 is 5.62. The quantitative estimate of drug-likeness (QED) is 0.907. The summed E-state index contributed by atoms with van der Waals surface area (Å²) in [7, 11) is 0. The van der Waals surface area contributed by atoms with Gasteiger partial charge in [-0.2, -0.15) is 0 Å². The Morgan fingerprint density at radius 2 is 2.18 bits per heavy atom. The molecule has 1 unspecified atom stereocenters. The average molecular weight is 254 g/mol. The lowest BCUT2D eigenvalue weighted by Gasteiger charge is -2.09. The number of rotatable bonds is 3. The van der Waals surface area contributed by atoms with Gasteiger partial charge in [-0.3, -0.25) is 0 Å². The maximum atomic E-state index is 13.2. The summed E-state index contributed by atoms with van der Waals surface area (Å²) in [6.45, 7) is 1.86. The van der Waals surface area contributed by atoms with Gasteiger partial charge in [0, 0.05) is 11.6 Å². The van der Waals surface area contributed by atoms with E-state index in [0.717, 1.165) is 16.9 Å². The van der Waals surface area contributed by atoms with Crippen molar-refractivity contribution < 1.29 is 8.81 Å². The van der Waals surface area contributed by atoms with E-state index in [2.05, 4.69) is 0 Å². The highest BCUT2D eigenvalue weighted by molar-refractivity contribution is 6.30. The van der Waals surface area contributed by atoms with Gasteiger partial charge in [0.15, 0.2) is 0 Å². The lowest BCUT2D eigenvalue weighted by Crippen LogP contribution is -2.12. The van der Waals surface area contributed by atoms with Crippen molar-refractivity contribution in [2.45, 2.75) is 19.4 Å². The van der Waals surface area contributed by atoms with Crippen molar-refractivity contribution in [1.82, 2.24) is 0 Å². The van der Waals surface area contributed by atoms with E-state index in [0.29, 0.717) is 6.42 Å². The fourth-order valence-corrected chi connectivity index (χ4v) is 1.81. The Bertz CT molecular complexity index is 524. The van der Waals surface area contributed by atoms with E-state index in [1.807, 2.05) is 13.0 Å². The summed E-state index contributed by atoms with van der Waals surface area (Å²) < 4.78 is 18.4. The molecule has 4 heteroatoms. The zero-order valence-corrected chi connectivity index (χ0v) is 10.2. The van der Waals surface area contributed by atoms with Crippen LogP contribution in [0, 0.1) is 12.7 Å². The minimum absolute atomic E-state index is 0.126. The van der Waals surface area contributed by atoms with Gasteiger partial charge in [0.2, 0.25) is 0 Å². The summed E-state index contributed by atoms with van der Waals surface area (Å²) in [4.78, 5) is 0. The van der Waals surface area contributed by atoms with Crippen LogP contribution in [-0.2, 0) is 6.42 Å². The zero-order valence-electron chi connectivity index (χ0n) is 9.41. The molecule has 0 aliphatic heterocycles. The van der Waals surface area contributed by atoms with Crippen molar-refractivity contribution >= 4 is 11.6 Å². The lowest BCUT2D eigenvalue weighted by molar-refractivity contribution is 0.528. The summed E-state index contributed by atoms with van der Waals surface area (Å²) in [6, 6.07) is 6.41. The molecule has 0 aliphatic carbocycles. The molecular formula is C13H13ClFNO. The first-order chi connectivity index (χ1) is 8.06. The fraction of sp³-hybridized carbons (Fsp3) is 0.231. The van der Waals surface area contributed by atoms with Crippen LogP contribution in [0.15, 0.2) is 34.9 Å². The first kappa shape index (κ1) is 12.1. The Hall–Kier alpha value is -1.32. The SMILES string of the molecule is Cc1cc(C(N)Cc2ccc(Cl)c(F)c2)co1. The number of aryl methyl sites for hydroxylation is 1. The third kappa shape index (κ3) is 2.87. The van der Waals surface area contributed by atoms with E-state index in [4.69, 9.17) is 21.8 Å². The predicted octanol–water partition coefficient (Wildman–Crippen LogP) is 3.62. The molecule has 0 bridgehead atoms. The van der Waals surface area contributed by atoms with Gasteiger partial charge in [-0.15, -0.1) is 0 Å². The highest BCUT2D eigenvalue weighted by atomic mass is 35.5. The van der Waals surface area contributed by atoms with Crippen molar-refractivity contribution in [2.75, 3.05) is 0 Å². The second-order valence-corrected chi connectivity index (χ2v) is 4.46. The van der Waals surface area contributed by atoms with Crippen LogP contribution in [0.4, 0.5) is 4.39 Å². The number of furan rings is 1. The van der Waals surface area contributed by atoms with Gasteiger partial charge in [-0.25, -0.2) is 4.39 Å². The van der Waals surface area contributed by atoms with E-state index in [9.17, 15) is 4.39 Å². The molecule has 0 saturated heterocycles. The van der Waals surface area contributed by atoms with Crippen molar-refractivity contribution in [1.29, 1.82) is 0 Å². The van der Waals surface area contributed by atoms with Crippen molar-refractivity contribution in [3.05, 3.63) is 58.3 Å². The maximum absolute atomic E-state index is 13.2. The van der Waals surface area contributed by atoms with Gasteiger partial charge in [0.1, 0.15) is 11.6 Å². The first-order valence-electron chi connectivity index (χ1n) is 5.31. The molecule has 2 nitrogen and oxygen atoms in total. The van der Waals surface area contributed by atoms with Crippen LogP contribution < -0.4 is 5.73 Å². The minimum atomic E-state index is -0.417. The molecule has 90 valence electrons. The molecule has 0 spiro atoms. The third-order valence-electron chi connectivity index (χ3n) is 2.62. The molecule has 0 fully saturated rings. The Labute approximate surface area is 104 Å². The van der Waals surface area contributed by atoms with Gasteiger partial charge >= 0.3 is 0 Å². The number of halogens is 2. The second kappa shape index (κ2) is 4.90.